The van der Waals surface area contributed by atoms with Gasteiger partial charge in [0.15, 0.2) is 0 Å². The molecular formula is C16H21N5O2S. The van der Waals surface area contributed by atoms with E-state index in [0.717, 1.165) is 36.6 Å². The van der Waals surface area contributed by atoms with Crippen LogP contribution in [0.5, 0.6) is 0 Å². The highest BCUT2D eigenvalue weighted by molar-refractivity contribution is 7.09. The second kappa shape index (κ2) is 7.12. The molecule has 1 atom stereocenters. The Morgan fingerprint density at radius 3 is 2.79 bits per heavy atom. The van der Waals surface area contributed by atoms with Gasteiger partial charge in [-0.2, -0.15) is 5.10 Å². The number of rotatable bonds is 5. The molecule has 1 aliphatic rings. The highest BCUT2D eigenvalue weighted by Crippen LogP contribution is 2.21. The van der Waals surface area contributed by atoms with E-state index < -0.39 is 0 Å². The Balaban J connectivity index is 1.68. The van der Waals surface area contributed by atoms with Crippen LogP contribution in [0.15, 0.2) is 28.6 Å². The summed E-state index contributed by atoms with van der Waals surface area (Å²) in [6, 6.07) is 1.44. The lowest BCUT2D eigenvalue weighted by atomic mass is 10.3. The van der Waals surface area contributed by atoms with Crippen LogP contribution in [0.4, 0.5) is 5.69 Å². The molecule has 1 fully saturated rings. The predicted molar refractivity (Wildman–Crippen MR) is 93.2 cm³/mol. The van der Waals surface area contributed by atoms with Gasteiger partial charge in [0.05, 0.1) is 17.9 Å². The highest BCUT2D eigenvalue weighted by atomic mass is 32.1. The maximum atomic E-state index is 12.4. The van der Waals surface area contributed by atoms with Gasteiger partial charge in [0.25, 0.3) is 5.56 Å². The maximum Gasteiger partial charge on any atom is 0.269 e. The van der Waals surface area contributed by atoms with Gasteiger partial charge in [0.2, 0.25) is 5.91 Å². The lowest BCUT2D eigenvalue weighted by Gasteiger charge is -2.23. The van der Waals surface area contributed by atoms with Gasteiger partial charge in [-0.15, -0.1) is 11.3 Å². The van der Waals surface area contributed by atoms with Crippen LogP contribution in [0.2, 0.25) is 0 Å². The molecule has 1 amide bonds. The lowest BCUT2D eigenvalue weighted by Crippen LogP contribution is -2.36. The van der Waals surface area contributed by atoms with Crippen LogP contribution >= 0.6 is 11.3 Å². The van der Waals surface area contributed by atoms with E-state index in [1.807, 2.05) is 12.3 Å². The van der Waals surface area contributed by atoms with E-state index in [2.05, 4.69) is 15.0 Å². The van der Waals surface area contributed by atoms with Gasteiger partial charge in [0, 0.05) is 37.8 Å². The summed E-state index contributed by atoms with van der Waals surface area (Å²) >= 11 is 1.51. The Morgan fingerprint density at radius 2 is 2.17 bits per heavy atom. The molecule has 1 aliphatic heterocycles. The molecule has 0 saturated carbocycles. The van der Waals surface area contributed by atoms with Crippen LogP contribution in [0.25, 0.3) is 0 Å². The zero-order valence-corrected chi connectivity index (χ0v) is 14.7. The summed E-state index contributed by atoms with van der Waals surface area (Å²) in [4.78, 5) is 32.7. The van der Waals surface area contributed by atoms with E-state index >= 15 is 0 Å². The van der Waals surface area contributed by atoms with E-state index in [9.17, 15) is 9.59 Å². The molecule has 0 unspecified atom stereocenters. The third kappa shape index (κ3) is 3.48. The molecule has 0 spiro atoms. The number of aromatic nitrogens is 3. The molecule has 3 rings (SSSR count). The van der Waals surface area contributed by atoms with E-state index in [1.54, 1.807) is 30.4 Å². The molecule has 3 heterocycles. The first-order valence-electron chi connectivity index (χ1n) is 8.03. The number of carbonyl (C=O) groups excluding carboxylic acids is 1. The van der Waals surface area contributed by atoms with Gasteiger partial charge < -0.3 is 9.80 Å². The van der Waals surface area contributed by atoms with Crippen molar-refractivity contribution in [2.45, 2.75) is 32.4 Å². The molecule has 8 heteroatoms. The van der Waals surface area contributed by atoms with Crippen molar-refractivity contribution in [1.82, 2.24) is 19.7 Å². The minimum absolute atomic E-state index is 0.0642. The van der Waals surface area contributed by atoms with Crippen molar-refractivity contribution in [3.63, 3.8) is 0 Å². The number of anilines is 1. The number of nitrogens with zero attached hydrogens (tertiary/aromatic N) is 5. The average Bonchev–Trinajstić information content (AvgIpc) is 3.28. The van der Waals surface area contributed by atoms with Gasteiger partial charge in [-0.05, 0) is 19.8 Å². The zero-order valence-electron chi connectivity index (χ0n) is 13.9. The molecular weight excluding hydrogens is 326 g/mol. The molecule has 0 radical (unpaired) electrons. The van der Waals surface area contributed by atoms with Crippen LogP contribution in [0.1, 0.15) is 30.8 Å². The van der Waals surface area contributed by atoms with Gasteiger partial charge in [0.1, 0.15) is 11.6 Å². The Hall–Kier alpha value is -2.22. The first-order valence-corrected chi connectivity index (χ1v) is 8.91. The van der Waals surface area contributed by atoms with E-state index in [-0.39, 0.29) is 24.1 Å². The SMILES string of the molecule is C[C@@H](c1nccs1)N(C)C(=O)Cn1ncc(N2CCCC2)cc1=O. The van der Waals surface area contributed by atoms with Crippen LogP contribution in [0, 0.1) is 0 Å². The first kappa shape index (κ1) is 16.6. The molecule has 24 heavy (non-hydrogen) atoms. The quantitative estimate of drug-likeness (QED) is 0.820. The van der Waals surface area contributed by atoms with Crippen molar-refractivity contribution in [3.05, 3.63) is 39.2 Å². The minimum atomic E-state index is -0.247. The van der Waals surface area contributed by atoms with Gasteiger partial charge in [-0.25, -0.2) is 9.67 Å². The van der Waals surface area contributed by atoms with E-state index in [0.29, 0.717) is 0 Å². The van der Waals surface area contributed by atoms with Crippen LogP contribution in [-0.4, -0.2) is 45.7 Å². The third-order valence-corrected chi connectivity index (χ3v) is 5.34. The number of hydrogen-bond donors (Lipinski definition) is 0. The summed E-state index contributed by atoms with van der Waals surface area (Å²) in [5, 5.41) is 6.92. The van der Waals surface area contributed by atoms with Gasteiger partial charge >= 0.3 is 0 Å². The lowest BCUT2D eigenvalue weighted by molar-refractivity contribution is -0.132. The monoisotopic (exact) mass is 347 g/mol. The maximum absolute atomic E-state index is 12.4. The Kier molecular flexibility index (Phi) is 4.94. The van der Waals surface area contributed by atoms with Crippen molar-refractivity contribution in [1.29, 1.82) is 0 Å². The first-order chi connectivity index (χ1) is 11.6. The molecule has 0 bridgehead atoms. The Bertz CT molecular complexity index is 752. The molecule has 1 saturated heterocycles. The number of amides is 1. The summed E-state index contributed by atoms with van der Waals surface area (Å²) in [6.07, 6.45) is 5.67. The number of carbonyl (C=O) groups is 1. The third-order valence-electron chi connectivity index (χ3n) is 4.39. The summed E-state index contributed by atoms with van der Waals surface area (Å²) in [6.45, 7) is 3.77. The van der Waals surface area contributed by atoms with E-state index in [1.165, 1.54) is 16.0 Å². The number of likely N-dealkylation sites (N-methyl/N-ethyl adjacent to an activating group) is 1. The second-order valence-electron chi connectivity index (χ2n) is 5.95. The van der Waals surface area contributed by atoms with Gasteiger partial charge in [-0.3, -0.25) is 9.59 Å². The Morgan fingerprint density at radius 1 is 1.42 bits per heavy atom. The van der Waals surface area contributed by atoms with Gasteiger partial charge in [-0.1, -0.05) is 0 Å². The van der Waals surface area contributed by atoms with Crippen molar-refractivity contribution >= 4 is 22.9 Å². The smallest absolute Gasteiger partial charge is 0.269 e. The molecule has 0 aliphatic carbocycles. The standard InChI is InChI=1S/C16H21N5O2S/c1-12(16-17-5-8-24-16)19(2)15(23)11-21-14(22)9-13(10-18-21)20-6-3-4-7-20/h5,8-10,12H,3-4,6-7,11H2,1-2H3/t12-/m0/s1. The molecule has 0 N–H and O–H groups in total. The fourth-order valence-corrected chi connectivity index (χ4v) is 3.49. The van der Waals surface area contributed by atoms with Crippen molar-refractivity contribution in [2.24, 2.45) is 0 Å². The van der Waals surface area contributed by atoms with Crippen molar-refractivity contribution < 1.29 is 4.79 Å². The highest BCUT2D eigenvalue weighted by Gasteiger charge is 2.20. The largest absolute Gasteiger partial charge is 0.370 e. The molecule has 7 nitrogen and oxygen atoms in total. The van der Waals surface area contributed by atoms with E-state index in [4.69, 9.17) is 0 Å². The fraction of sp³-hybridized carbons (Fsp3) is 0.500. The fourth-order valence-electron chi connectivity index (χ4n) is 2.75. The molecule has 2 aromatic rings. The zero-order chi connectivity index (χ0) is 17.1. The number of thiazole rings is 1. The van der Waals surface area contributed by atoms with Crippen molar-refractivity contribution in [3.8, 4) is 0 Å². The normalized spacial score (nSPS) is 15.5. The molecule has 0 aromatic carbocycles. The molecule has 128 valence electrons. The van der Waals surface area contributed by atoms with Crippen LogP contribution in [-0.2, 0) is 11.3 Å². The van der Waals surface area contributed by atoms with Crippen molar-refractivity contribution in [2.75, 3.05) is 25.0 Å². The topological polar surface area (TPSA) is 71.3 Å². The molecule has 2 aromatic heterocycles. The minimum Gasteiger partial charge on any atom is -0.370 e. The summed E-state index contributed by atoms with van der Waals surface area (Å²) in [7, 11) is 1.72. The summed E-state index contributed by atoms with van der Waals surface area (Å²) in [5.74, 6) is -0.166. The second-order valence-corrected chi connectivity index (χ2v) is 6.88. The Labute approximate surface area is 144 Å². The number of hydrogen-bond acceptors (Lipinski definition) is 6. The van der Waals surface area contributed by atoms with Crippen LogP contribution < -0.4 is 10.5 Å². The van der Waals surface area contributed by atoms with Crippen LogP contribution in [0.3, 0.4) is 0 Å². The predicted octanol–water partition coefficient (Wildman–Crippen LogP) is 1.52. The summed E-state index contributed by atoms with van der Waals surface area (Å²) in [5.41, 5.74) is 0.591. The summed E-state index contributed by atoms with van der Waals surface area (Å²) < 4.78 is 1.22. The average molecular weight is 347 g/mol.